The van der Waals surface area contributed by atoms with E-state index in [0.29, 0.717) is 13.2 Å². The molecule has 1 aliphatic rings. The number of hydrogen-bond donors (Lipinski definition) is 1. The lowest BCUT2D eigenvalue weighted by Gasteiger charge is -2.23. The molecule has 1 heterocycles. The minimum absolute atomic E-state index is 0.205. The van der Waals surface area contributed by atoms with Crippen molar-refractivity contribution in [2.24, 2.45) is 0 Å². The summed E-state index contributed by atoms with van der Waals surface area (Å²) in [4.78, 5) is 0. The van der Waals surface area contributed by atoms with Gasteiger partial charge in [0.25, 0.3) is 0 Å². The lowest BCUT2D eigenvalue weighted by molar-refractivity contribution is 0.0680. The SMILES string of the molecule is CCC(C)(C)c1ccc(OCCNc2cccc(OCC3CCCO3)c2)cc1. The zero-order chi connectivity index (χ0) is 19.8. The van der Waals surface area contributed by atoms with Gasteiger partial charge in [-0.25, -0.2) is 0 Å². The molecule has 1 N–H and O–H groups in total. The molecule has 4 heteroatoms. The first-order chi connectivity index (χ1) is 13.6. The van der Waals surface area contributed by atoms with E-state index in [1.807, 2.05) is 24.3 Å². The van der Waals surface area contributed by atoms with Gasteiger partial charge in [-0.2, -0.15) is 0 Å². The summed E-state index contributed by atoms with van der Waals surface area (Å²) in [5.41, 5.74) is 2.59. The molecule has 1 fully saturated rings. The van der Waals surface area contributed by atoms with Crippen LogP contribution in [-0.2, 0) is 10.2 Å². The Hall–Kier alpha value is -2.20. The Morgan fingerprint density at radius 2 is 1.89 bits per heavy atom. The highest BCUT2D eigenvalue weighted by molar-refractivity contribution is 5.48. The first kappa shape index (κ1) is 20.5. The van der Waals surface area contributed by atoms with E-state index >= 15 is 0 Å². The van der Waals surface area contributed by atoms with Crippen LogP contribution in [0.3, 0.4) is 0 Å². The van der Waals surface area contributed by atoms with Gasteiger partial charge in [0.1, 0.15) is 24.7 Å². The second-order valence-corrected chi connectivity index (χ2v) is 8.01. The molecule has 28 heavy (non-hydrogen) atoms. The van der Waals surface area contributed by atoms with Crippen LogP contribution in [-0.4, -0.2) is 32.5 Å². The number of hydrogen-bond acceptors (Lipinski definition) is 4. The maximum absolute atomic E-state index is 5.86. The van der Waals surface area contributed by atoms with Gasteiger partial charge in [-0.05, 0) is 54.5 Å². The molecule has 0 saturated carbocycles. The van der Waals surface area contributed by atoms with Crippen LogP contribution < -0.4 is 14.8 Å². The lowest BCUT2D eigenvalue weighted by Crippen LogP contribution is -2.16. The Morgan fingerprint density at radius 3 is 2.61 bits per heavy atom. The lowest BCUT2D eigenvalue weighted by atomic mass is 9.82. The Balaban J connectivity index is 1.40. The average molecular weight is 384 g/mol. The van der Waals surface area contributed by atoms with Gasteiger partial charge >= 0.3 is 0 Å². The summed E-state index contributed by atoms with van der Waals surface area (Å²) in [5.74, 6) is 1.78. The van der Waals surface area contributed by atoms with Crippen molar-refractivity contribution in [1.29, 1.82) is 0 Å². The molecule has 0 spiro atoms. The molecule has 152 valence electrons. The van der Waals surface area contributed by atoms with Gasteiger partial charge in [0.15, 0.2) is 0 Å². The second kappa shape index (κ2) is 9.83. The fraction of sp³-hybridized carbons (Fsp3) is 0.500. The molecule has 1 atom stereocenters. The molecule has 3 rings (SSSR count). The van der Waals surface area contributed by atoms with Crippen molar-refractivity contribution in [2.45, 2.75) is 51.6 Å². The van der Waals surface area contributed by atoms with E-state index in [9.17, 15) is 0 Å². The van der Waals surface area contributed by atoms with Crippen molar-refractivity contribution >= 4 is 5.69 Å². The third-order valence-corrected chi connectivity index (χ3v) is 5.51. The third kappa shape index (κ3) is 5.90. The number of rotatable bonds is 10. The minimum atomic E-state index is 0.205. The van der Waals surface area contributed by atoms with Gasteiger partial charge < -0.3 is 19.5 Å². The molecular formula is C24H33NO3. The van der Waals surface area contributed by atoms with E-state index in [1.54, 1.807) is 0 Å². The van der Waals surface area contributed by atoms with E-state index < -0.39 is 0 Å². The molecule has 1 aliphatic heterocycles. The van der Waals surface area contributed by atoms with E-state index in [2.05, 4.69) is 50.4 Å². The molecule has 0 radical (unpaired) electrons. The maximum atomic E-state index is 5.86. The normalized spacial score (nSPS) is 16.8. The molecule has 2 aromatic rings. The Morgan fingerprint density at radius 1 is 1.07 bits per heavy atom. The van der Waals surface area contributed by atoms with Gasteiger partial charge in [-0.15, -0.1) is 0 Å². The van der Waals surface area contributed by atoms with Gasteiger partial charge in [-0.1, -0.05) is 39.0 Å². The standard InChI is InChI=1S/C24H33NO3/c1-4-24(2,3)19-10-12-21(13-11-19)27-16-14-25-20-7-5-8-22(17-20)28-18-23-9-6-15-26-23/h5,7-8,10-13,17,23,25H,4,6,9,14-16,18H2,1-3H3. The van der Waals surface area contributed by atoms with Crippen molar-refractivity contribution in [1.82, 2.24) is 0 Å². The zero-order valence-corrected chi connectivity index (χ0v) is 17.4. The first-order valence-corrected chi connectivity index (χ1v) is 10.4. The van der Waals surface area contributed by atoms with E-state index in [1.165, 1.54) is 5.56 Å². The zero-order valence-electron chi connectivity index (χ0n) is 17.4. The summed E-state index contributed by atoms with van der Waals surface area (Å²) < 4.78 is 17.3. The van der Waals surface area contributed by atoms with E-state index in [-0.39, 0.29) is 11.5 Å². The number of nitrogens with one attached hydrogen (secondary N) is 1. The molecule has 1 saturated heterocycles. The maximum Gasteiger partial charge on any atom is 0.121 e. The Bertz CT molecular complexity index is 721. The molecule has 0 aliphatic carbocycles. The van der Waals surface area contributed by atoms with Crippen LogP contribution in [0.5, 0.6) is 11.5 Å². The van der Waals surface area contributed by atoms with Crippen molar-refractivity contribution in [2.75, 3.05) is 31.7 Å². The minimum Gasteiger partial charge on any atom is -0.492 e. The fourth-order valence-corrected chi connectivity index (χ4v) is 3.23. The first-order valence-electron chi connectivity index (χ1n) is 10.4. The molecule has 0 bridgehead atoms. The van der Waals surface area contributed by atoms with Gasteiger partial charge in [-0.3, -0.25) is 0 Å². The summed E-state index contributed by atoms with van der Waals surface area (Å²) in [7, 11) is 0. The predicted molar refractivity (Wildman–Crippen MR) is 115 cm³/mol. The number of ether oxygens (including phenoxy) is 3. The van der Waals surface area contributed by atoms with E-state index in [0.717, 1.165) is 49.6 Å². The van der Waals surface area contributed by atoms with Crippen LogP contribution in [0.2, 0.25) is 0 Å². The summed E-state index contributed by atoms with van der Waals surface area (Å²) >= 11 is 0. The quantitative estimate of drug-likeness (QED) is 0.556. The summed E-state index contributed by atoms with van der Waals surface area (Å²) in [6.45, 7) is 9.58. The van der Waals surface area contributed by atoms with Crippen molar-refractivity contribution in [3.8, 4) is 11.5 Å². The number of anilines is 1. The largest absolute Gasteiger partial charge is 0.492 e. The summed E-state index contributed by atoms with van der Waals surface area (Å²) in [6, 6.07) is 16.5. The highest BCUT2D eigenvalue weighted by atomic mass is 16.5. The van der Waals surface area contributed by atoms with Gasteiger partial charge in [0, 0.05) is 24.9 Å². The Labute approximate surface area is 169 Å². The van der Waals surface area contributed by atoms with Crippen molar-refractivity contribution < 1.29 is 14.2 Å². The van der Waals surface area contributed by atoms with Crippen molar-refractivity contribution in [3.05, 3.63) is 54.1 Å². The van der Waals surface area contributed by atoms with Gasteiger partial charge in [0.05, 0.1) is 6.10 Å². The average Bonchev–Trinajstić information content (AvgIpc) is 3.24. The molecule has 4 nitrogen and oxygen atoms in total. The monoisotopic (exact) mass is 383 g/mol. The molecule has 1 unspecified atom stereocenters. The van der Waals surface area contributed by atoms with E-state index in [4.69, 9.17) is 14.2 Å². The van der Waals surface area contributed by atoms with Crippen LogP contribution in [0.4, 0.5) is 5.69 Å². The fourth-order valence-electron chi connectivity index (χ4n) is 3.23. The highest BCUT2D eigenvalue weighted by Gasteiger charge is 2.17. The van der Waals surface area contributed by atoms with Crippen LogP contribution in [0, 0.1) is 0 Å². The molecule has 2 aromatic carbocycles. The predicted octanol–water partition coefficient (Wildman–Crippen LogP) is 5.42. The van der Waals surface area contributed by atoms with Crippen LogP contribution >= 0.6 is 0 Å². The topological polar surface area (TPSA) is 39.7 Å². The van der Waals surface area contributed by atoms with Crippen LogP contribution in [0.25, 0.3) is 0 Å². The summed E-state index contributed by atoms with van der Waals surface area (Å²) in [5, 5.41) is 3.39. The third-order valence-electron chi connectivity index (χ3n) is 5.51. The molecule has 0 amide bonds. The molecule has 0 aromatic heterocycles. The smallest absolute Gasteiger partial charge is 0.121 e. The molecular weight excluding hydrogens is 350 g/mol. The number of benzene rings is 2. The highest BCUT2D eigenvalue weighted by Crippen LogP contribution is 2.28. The summed E-state index contributed by atoms with van der Waals surface area (Å²) in [6.07, 6.45) is 3.58. The Kier molecular flexibility index (Phi) is 7.21. The van der Waals surface area contributed by atoms with Crippen molar-refractivity contribution in [3.63, 3.8) is 0 Å². The van der Waals surface area contributed by atoms with Gasteiger partial charge in [0.2, 0.25) is 0 Å². The second-order valence-electron chi connectivity index (χ2n) is 8.01. The van der Waals surface area contributed by atoms with Crippen LogP contribution in [0.15, 0.2) is 48.5 Å². The van der Waals surface area contributed by atoms with Crippen LogP contribution in [0.1, 0.15) is 45.6 Å².